The van der Waals surface area contributed by atoms with Crippen LogP contribution in [0.3, 0.4) is 0 Å². The van der Waals surface area contributed by atoms with Gasteiger partial charge < -0.3 is 15.0 Å². The van der Waals surface area contributed by atoms with Gasteiger partial charge in [-0.05, 0) is 24.7 Å². The monoisotopic (exact) mass is 166 g/mol. The third-order valence-corrected chi connectivity index (χ3v) is 2.27. The summed E-state index contributed by atoms with van der Waals surface area (Å²) in [5.41, 5.74) is -0.321. The molecule has 0 bridgehead atoms. The van der Waals surface area contributed by atoms with E-state index in [1.165, 1.54) is 0 Å². The summed E-state index contributed by atoms with van der Waals surface area (Å²) < 4.78 is 0. The number of rotatable bonds is 3. The maximum absolute atomic E-state index is 10.1. The van der Waals surface area contributed by atoms with Gasteiger partial charge in [-0.1, -0.05) is 6.42 Å². The minimum absolute atomic E-state index is 0. The molecule has 0 radical (unpaired) electrons. The van der Waals surface area contributed by atoms with Gasteiger partial charge in [-0.2, -0.15) is 0 Å². The van der Waals surface area contributed by atoms with Crippen LogP contribution >= 0.6 is 0 Å². The second-order valence-corrected chi connectivity index (χ2v) is 3.06. The van der Waals surface area contributed by atoms with Crippen molar-refractivity contribution in [1.29, 1.82) is 0 Å². The number of carboxylic acid groups (broad SMARTS) is 1. The van der Waals surface area contributed by atoms with Crippen LogP contribution in [0.4, 0.5) is 0 Å². The van der Waals surface area contributed by atoms with Gasteiger partial charge in [-0.15, -0.1) is 0 Å². The molecule has 0 atom stereocenters. The Morgan fingerprint density at radius 3 is 2.18 bits per heavy atom. The summed E-state index contributed by atoms with van der Waals surface area (Å²) in [6.07, 6.45) is 2.71. The molecule has 0 saturated heterocycles. The van der Waals surface area contributed by atoms with Crippen LogP contribution < -0.4 is 34.7 Å². The van der Waals surface area contributed by atoms with Crippen molar-refractivity contribution in [3.05, 3.63) is 0 Å². The third kappa shape index (κ3) is 2.75. The van der Waals surface area contributed by atoms with Crippen molar-refractivity contribution in [1.82, 2.24) is 0 Å². The van der Waals surface area contributed by atoms with E-state index in [4.69, 9.17) is 5.11 Å². The number of hydrogen-bond donors (Lipinski definition) is 1. The number of carboxylic acids is 1. The topological polar surface area (TPSA) is 60.4 Å². The van der Waals surface area contributed by atoms with Crippen molar-refractivity contribution in [2.24, 2.45) is 5.41 Å². The predicted octanol–water partition coefficient (Wildman–Crippen LogP) is -3.71. The number of hydrogen-bond acceptors (Lipinski definition) is 3. The van der Waals surface area contributed by atoms with Gasteiger partial charge in [0.1, 0.15) is 0 Å². The molecule has 1 fully saturated rings. The molecule has 0 unspecified atom stereocenters. The minimum atomic E-state index is -1.05. The Balaban J connectivity index is 0.000001000. The Kier molecular flexibility index (Phi) is 4.63. The van der Waals surface area contributed by atoms with E-state index in [1.807, 2.05) is 0 Å². The molecule has 0 spiro atoms. The van der Waals surface area contributed by atoms with E-state index in [1.54, 1.807) is 0 Å². The fourth-order valence-corrected chi connectivity index (χ4v) is 1.37. The van der Waals surface area contributed by atoms with Gasteiger partial charge in [-0.3, -0.25) is 0 Å². The molecule has 58 valence electrons. The Labute approximate surface area is 88.1 Å². The van der Waals surface area contributed by atoms with E-state index in [0.29, 0.717) is 0 Å². The Hall–Kier alpha value is 0.430. The van der Waals surface area contributed by atoms with E-state index in [2.05, 4.69) is 0 Å². The van der Waals surface area contributed by atoms with E-state index < -0.39 is 5.97 Å². The Morgan fingerprint density at radius 1 is 1.55 bits per heavy atom. The molecule has 1 rings (SSSR count). The average molecular weight is 166 g/mol. The van der Waals surface area contributed by atoms with Crippen LogP contribution in [0.2, 0.25) is 0 Å². The van der Waals surface area contributed by atoms with Gasteiger partial charge in [0.05, 0.1) is 0 Å². The van der Waals surface area contributed by atoms with Crippen molar-refractivity contribution in [3.8, 4) is 0 Å². The molecule has 0 aromatic rings. The molecule has 3 nitrogen and oxygen atoms in total. The SMILES string of the molecule is O=C([O-])CC1(CO)CCC1.[Na+]. The van der Waals surface area contributed by atoms with Gasteiger partial charge in [0.15, 0.2) is 0 Å². The average Bonchev–Trinajstić information content (AvgIpc) is 1.78. The van der Waals surface area contributed by atoms with Crippen LogP contribution in [-0.2, 0) is 4.79 Å². The van der Waals surface area contributed by atoms with Crippen LogP contribution in [-0.4, -0.2) is 17.7 Å². The molecule has 0 aromatic heterocycles. The Morgan fingerprint density at radius 2 is 2.09 bits per heavy atom. The summed E-state index contributed by atoms with van der Waals surface area (Å²) in [6.45, 7) is -0.0129. The first-order valence-electron chi connectivity index (χ1n) is 3.49. The molecule has 1 N–H and O–H groups in total. The maximum atomic E-state index is 10.1. The molecule has 1 aliphatic carbocycles. The van der Waals surface area contributed by atoms with E-state index >= 15 is 0 Å². The van der Waals surface area contributed by atoms with Gasteiger partial charge in [0.2, 0.25) is 0 Å². The predicted molar refractivity (Wildman–Crippen MR) is 33.0 cm³/mol. The Bertz CT molecular complexity index is 137. The zero-order valence-electron chi connectivity index (χ0n) is 6.80. The van der Waals surface area contributed by atoms with Crippen molar-refractivity contribution in [2.45, 2.75) is 25.7 Å². The third-order valence-electron chi connectivity index (χ3n) is 2.27. The summed E-state index contributed by atoms with van der Waals surface area (Å²) in [4.78, 5) is 10.1. The van der Waals surface area contributed by atoms with Crippen LogP contribution in [0.25, 0.3) is 0 Å². The zero-order chi connectivity index (χ0) is 7.61. The number of carbonyl (C=O) groups excluding carboxylic acids is 1. The first-order chi connectivity index (χ1) is 4.68. The van der Waals surface area contributed by atoms with Crippen molar-refractivity contribution in [2.75, 3.05) is 6.61 Å². The summed E-state index contributed by atoms with van der Waals surface area (Å²) in [7, 11) is 0. The molecule has 0 heterocycles. The molecule has 0 amide bonds. The molecule has 4 heteroatoms. The smallest absolute Gasteiger partial charge is 0.550 e. The van der Waals surface area contributed by atoms with E-state index in [9.17, 15) is 9.90 Å². The summed E-state index contributed by atoms with van der Waals surface area (Å²) >= 11 is 0. The zero-order valence-corrected chi connectivity index (χ0v) is 8.80. The second-order valence-electron chi connectivity index (χ2n) is 3.06. The molecule has 1 aliphatic rings. The van der Waals surface area contributed by atoms with Crippen LogP contribution in [0.1, 0.15) is 25.7 Å². The van der Waals surface area contributed by atoms with Crippen LogP contribution in [0.5, 0.6) is 0 Å². The van der Waals surface area contributed by atoms with E-state index in [0.717, 1.165) is 19.3 Å². The number of aliphatic hydroxyl groups is 1. The van der Waals surface area contributed by atoms with Crippen molar-refractivity contribution >= 4 is 5.97 Å². The normalized spacial score (nSPS) is 19.7. The standard InChI is InChI=1S/C7H12O3.Na/c8-5-7(2-1-3-7)4-6(9)10;/h8H,1-5H2,(H,9,10);/q;+1/p-1. The minimum Gasteiger partial charge on any atom is -0.550 e. The molecule has 11 heavy (non-hydrogen) atoms. The largest absolute Gasteiger partial charge is 1.00 e. The maximum Gasteiger partial charge on any atom is 1.00 e. The molecular formula is C7H11NaO3. The van der Waals surface area contributed by atoms with Crippen LogP contribution in [0, 0.1) is 5.41 Å². The molecule has 1 saturated carbocycles. The van der Waals surface area contributed by atoms with Crippen molar-refractivity contribution in [3.63, 3.8) is 0 Å². The molecular weight excluding hydrogens is 155 g/mol. The van der Waals surface area contributed by atoms with Gasteiger partial charge in [0, 0.05) is 12.6 Å². The van der Waals surface area contributed by atoms with Crippen molar-refractivity contribution < 1.29 is 44.6 Å². The summed E-state index contributed by atoms with van der Waals surface area (Å²) in [5.74, 6) is -1.05. The van der Waals surface area contributed by atoms with Crippen LogP contribution in [0.15, 0.2) is 0 Å². The first kappa shape index (κ1) is 11.4. The molecule has 0 aliphatic heterocycles. The fraction of sp³-hybridized carbons (Fsp3) is 0.857. The van der Waals surface area contributed by atoms with Gasteiger partial charge in [0.25, 0.3) is 0 Å². The summed E-state index contributed by atoms with van der Waals surface area (Å²) in [5, 5.41) is 18.9. The van der Waals surface area contributed by atoms with E-state index in [-0.39, 0.29) is 48.0 Å². The second kappa shape index (κ2) is 4.45. The quantitative estimate of drug-likeness (QED) is 0.439. The van der Waals surface area contributed by atoms with Gasteiger partial charge >= 0.3 is 29.6 Å². The first-order valence-corrected chi connectivity index (χ1v) is 3.49. The number of aliphatic hydroxyl groups excluding tert-OH is 1. The number of carbonyl (C=O) groups is 1. The molecule has 0 aromatic carbocycles. The fourth-order valence-electron chi connectivity index (χ4n) is 1.37. The summed E-state index contributed by atoms with van der Waals surface area (Å²) in [6, 6.07) is 0. The van der Waals surface area contributed by atoms with Gasteiger partial charge in [-0.25, -0.2) is 0 Å². The number of aliphatic carboxylic acids is 1.